The lowest BCUT2D eigenvalue weighted by molar-refractivity contribution is -0.192. The van der Waals surface area contributed by atoms with Crippen molar-refractivity contribution < 1.29 is 14.2 Å². The fourth-order valence-electron chi connectivity index (χ4n) is 6.15. The van der Waals surface area contributed by atoms with Gasteiger partial charge < -0.3 is 24.0 Å². The van der Waals surface area contributed by atoms with Crippen LogP contribution < -0.4 is 20.2 Å². The Morgan fingerprint density at radius 1 is 0.860 bits per heavy atom. The van der Waals surface area contributed by atoms with Gasteiger partial charge in [0.15, 0.2) is 0 Å². The van der Waals surface area contributed by atoms with Crippen molar-refractivity contribution in [3.05, 3.63) is 112 Å². The first-order valence-electron chi connectivity index (χ1n) is 17.3. The zero-order chi connectivity index (χ0) is 35.1. The van der Waals surface area contributed by atoms with Gasteiger partial charge in [-0.2, -0.15) is 20.1 Å². The van der Waals surface area contributed by atoms with Crippen molar-refractivity contribution in [3.63, 3.8) is 0 Å². The van der Waals surface area contributed by atoms with E-state index in [0.29, 0.717) is 19.8 Å². The SMILES string of the molecule is CC.CCC(C)n1ncn(-c2ccc(N3CCN(c4ccc(OCC5COC(Cn6nccn6)(c6ccc(Br)cc6)O5)cc4)CC3)cc2)c1=O. The molecule has 0 radical (unpaired) electrons. The third-order valence-corrected chi connectivity index (χ3v) is 9.60. The average Bonchev–Trinajstić information content (AvgIpc) is 3.93. The second kappa shape index (κ2) is 16.0. The predicted molar refractivity (Wildman–Crippen MR) is 197 cm³/mol. The molecule has 3 atom stereocenters. The molecule has 3 aromatic carbocycles. The minimum atomic E-state index is -1.00. The number of nitrogens with zero attached hydrogens (tertiary/aromatic N) is 8. The van der Waals surface area contributed by atoms with E-state index < -0.39 is 5.79 Å². The van der Waals surface area contributed by atoms with Crippen LogP contribution in [0.15, 0.2) is 101 Å². The van der Waals surface area contributed by atoms with Gasteiger partial charge in [0.25, 0.3) is 0 Å². The minimum absolute atomic E-state index is 0.0705. The first-order chi connectivity index (χ1) is 24.4. The molecule has 0 spiro atoms. The topological polar surface area (TPSA) is 105 Å². The Morgan fingerprint density at radius 2 is 1.44 bits per heavy atom. The zero-order valence-electron chi connectivity index (χ0n) is 29.1. The van der Waals surface area contributed by atoms with Gasteiger partial charge in [-0.05, 0) is 74.0 Å². The number of rotatable bonds is 11. The van der Waals surface area contributed by atoms with Gasteiger partial charge >= 0.3 is 5.69 Å². The Labute approximate surface area is 301 Å². The zero-order valence-corrected chi connectivity index (χ0v) is 30.6. The molecule has 4 heterocycles. The van der Waals surface area contributed by atoms with E-state index in [0.717, 1.165) is 65.4 Å². The van der Waals surface area contributed by atoms with Crippen LogP contribution in [0.2, 0.25) is 0 Å². The molecule has 7 rings (SSSR count). The predicted octanol–water partition coefficient (Wildman–Crippen LogP) is 6.06. The highest BCUT2D eigenvalue weighted by Gasteiger charge is 2.44. The molecule has 12 nitrogen and oxygen atoms in total. The lowest BCUT2D eigenvalue weighted by atomic mass is 10.1. The van der Waals surface area contributed by atoms with Crippen LogP contribution in [0.3, 0.4) is 0 Å². The van der Waals surface area contributed by atoms with Gasteiger partial charge in [-0.1, -0.05) is 48.8 Å². The van der Waals surface area contributed by atoms with Crippen LogP contribution in [0.5, 0.6) is 5.75 Å². The Morgan fingerprint density at radius 3 is 2.04 bits per heavy atom. The van der Waals surface area contributed by atoms with Gasteiger partial charge in [0.2, 0.25) is 5.79 Å². The molecular weight excluding hydrogens is 700 g/mol. The standard InChI is InChI=1S/C35H39BrN8O4.C2H6/c1-3-26(2)44-34(45)42(25-39-44)31-10-8-29(9-11-31)40-18-20-41(21-19-40)30-12-14-32(15-13-30)46-22-33-23-47-35(48-33,24-43-37-16-17-38-43)27-4-6-28(36)7-5-27;1-2/h4-17,25-26,33H,3,18-24H2,1-2H3;1-2H3. The van der Waals surface area contributed by atoms with Gasteiger partial charge in [-0.3, -0.25) is 0 Å². The van der Waals surface area contributed by atoms with Crippen LogP contribution in [0.4, 0.5) is 11.4 Å². The lowest BCUT2D eigenvalue weighted by Crippen LogP contribution is -2.46. The normalized spacial score (nSPS) is 19.6. The van der Waals surface area contributed by atoms with E-state index in [9.17, 15) is 4.79 Å². The second-order valence-electron chi connectivity index (χ2n) is 12.2. The van der Waals surface area contributed by atoms with Gasteiger partial charge in [-0.15, -0.1) is 0 Å². The summed E-state index contributed by atoms with van der Waals surface area (Å²) in [6.07, 6.45) is 5.49. The van der Waals surface area contributed by atoms with Crippen molar-refractivity contribution in [1.82, 2.24) is 29.3 Å². The molecule has 5 aromatic rings. The summed E-state index contributed by atoms with van der Waals surface area (Å²) >= 11 is 3.51. The van der Waals surface area contributed by atoms with Crippen molar-refractivity contribution in [2.24, 2.45) is 0 Å². The summed E-state index contributed by atoms with van der Waals surface area (Å²) in [7, 11) is 0. The van der Waals surface area contributed by atoms with Crippen LogP contribution in [0, 0.1) is 0 Å². The molecule has 2 fully saturated rings. The smallest absolute Gasteiger partial charge is 0.350 e. The van der Waals surface area contributed by atoms with Crippen molar-refractivity contribution >= 4 is 27.3 Å². The molecule has 3 unspecified atom stereocenters. The summed E-state index contributed by atoms with van der Waals surface area (Å²) in [5.74, 6) is -0.219. The van der Waals surface area contributed by atoms with Crippen LogP contribution in [-0.2, 0) is 21.8 Å². The van der Waals surface area contributed by atoms with Crippen molar-refractivity contribution in [2.45, 2.75) is 58.6 Å². The fraction of sp³-hybridized carbons (Fsp3) is 0.405. The lowest BCUT2D eigenvalue weighted by Gasteiger charge is -2.37. The van der Waals surface area contributed by atoms with Gasteiger partial charge in [0, 0.05) is 47.6 Å². The van der Waals surface area contributed by atoms with E-state index in [1.807, 2.05) is 69.3 Å². The Bertz CT molecular complexity index is 1840. The molecule has 0 bridgehead atoms. The average molecular weight is 746 g/mol. The highest BCUT2D eigenvalue weighted by molar-refractivity contribution is 9.10. The number of benzene rings is 3. The van der Waals surface area contributed by atoms with Gasteiger partial charge in [0.1, 0.15) is 31.3 Å². The molecule has 13 heteroatoms. The maximum atomic E-state index is 12.8. The van der Waals surface area contributed by atoms with E-state index >= 15 is 0 Å². The molecule has 0 aliphatic carbocycles. The van der Waals surface area contributed by atoms with Crippen LogP contribution in [0.1, 0.15) is 45.7 Å². The van der Waals surface area contributed by atoms with E-state index in [2.05, 4.69) is 72.2 Å². The third kappa shape index (κ3) is 7.79. The highest BCUT2D eigenvalue weighted by atomic mass is 79.9. The monoisotopic (exact) mass is 744 g/mol. The Balaban J connectivity index is 0.00000212. The van der Waals surface area contributed by atoms with Gasteiger partial charge in [-0.25, -0.2) is 14.0 Å². The van der Waals surface area contributed by atoms with Crippen LogP contribution >= 0.6 is 15.9 Å². The van der Waals surface area contributed by atoms with Crippen LogP contribution in [-0.4, -0.2) is 74.8 Å². The van der Waals surface area contributed by atoms with Crippen LogP contribution in [0.25, 0.3) is 5.69 Å². The molecule has 50 heavy (non-hydrogen) atoms. The van der Waals surface area contributed by atoms with Gasteiger partial charge in [0.05, 0.1) is 30.7 Å². The summed E-state index contributed by atoms with van der Waals surface area (Å²) < 4.78 is 23.0. The Hall–Kier alpha value is -4.46. The summed E-state index contributed by atoms with van der Waals surface area (Å²) in [6.45, 7) is 12.7. The van der Waals surface area contributed by atoms with E-state index in [4.69, 9.17) is 14.2 Å². The van der Waals surface area contributed by atoms with Crippen molar-refractivity contribution in [1.29, 1.82) is 0 Å². The molecular formula is C37H45BrN8O4. The first-order valence-corrected chi connectivity index (χ1v) is 18.1. The molecule has 0 saturated carbocycles. The molecule has 2 aromatic heterocycles. The quantitative estimate of drug-likeness (QED) is 0.160. The first kappa shape index (κ1) is 35.4. The maximum absolute atomic E-state index is 12.8. The summed E-state index contributed by atoms with van der Waals surface area (Å²) in [5.41, 5.74) is 3.92. The molecule has 2 aliphatic heterocycles. The molecule has 2 aliphatic rings. The summed E-state index contributed by atoms with van der Waals surface area (Å²) in [6, 6.07) is 24.4. The maximum Gasteiger partial charge on any atom is 0.350 e. The summed E-state index contributed by atoms with van der Waals surface area (Å²) in [4.78, 5) is 19.1. The van der Waals surface area contributed by atoms with Crippen molar-refractivity contribution in [2.75, 3.05) is 49.2 Å². The largest absolute Gasteiger partial charge is 0.491 e. The van der Waals surface area contributed by atoms with E-state index in [-0.39, 0.29) is 17.8 Å². The fourth-order valence-corrected chi connectivity index (χ4v) is 6.41. The number of halogens is 1. The molecule has 0 amide bonds. The number of hydrogen-bond acceptors (Lipinski definition) is 9. The molecule has 0 N–H and O–H groups in total. The van der Waals surface area contributed by atoms with E-state index in [1.54, 1.807) is 32.8 Å². The summed E-state index contributed by atoms with van der Waals surface area (Å²) in [5, 5.41) is 12.8. The number of aromatic nitrogens is 6. The highest BCUT2D eigenvalue weighted by Crippen LogP contribution is 2.37. The second-order valence-corrected chi connectivity index (χ2v) is 13.1. The number of anilines is 2. The number of hydrogen-bond donors (Lipinski definition) is 0. The molecule has 2 saturated heterocycles. The number of piperazine rings is 1. The van der Waals surface area contributed by atoms with E-state index in [1.165, 1.54) is 0 Å². The molecule has 264 valence electrons. The Kier molecular flexibility index (Phi) is 11.4. The third-order valence-electron chi connectivity index (χ3n) is 9.07. The van der Waals surface area contributed by atoms with Crippen molar-refractivity contribution in [3.8, 4) is 11.4 Å². The number of ether oxygens (including phenoxy) is 3. The minimum Gasteiger partial charge on any atom is -0.491 e.